The molecule has 1 aliphatic carbocycles. The molecule has 2 bridgehead atoms. The van der Waals surface area contributed by atoms with Crippen molar-refractivity contribution in [3.63, 3.8) is 0 Å². The van der Waals surface area contributed by atoms with Crippen molar-refractivity contribution in [3.05, 3.63) is 46.5 Å². The maximum absolute atomic E-state index is 13.5. The van der Waals surface area contributed by atoms with E-state index in [0.717, 1.165) is 68.9 Å². The largest absolute Gasteiger partial charge is 0.466 e. The first-order chi connectivity index (χ1) is 15.6. The van der Waals surface area contributed by atoms with Gasteiger partial charge in [0, 0.05) is 36.0 Å². The SMILES string of the molecule is O=C(O[C@H]1C[N+]2(CCCc3cccs3)CCC1CC2)[C@](O)(c1ccco1)C1CCCCC1. The monoisotopic (exact) mass is 458 g/mol. The molecule has 0 aromatic carbocycles. The van der Waals surface area contributed by atoms with Crippen LogP contribution in [0.4, 0.5) is 0 Å². The van der Waals surface area contributed by atoms with E-state index in [9.17, 15) is 9.90 Å². The molecule has 2 atom stereocenters. The van der Waals surface area contributed by atoms with Crippen molar-refractivity contribution in [2.45, 2.75) is 69.5 Å². The Bertz CT molecular complexity index is 866. The number of fused-ring (bicyclic) bond motifs is 3. The van der Waals surface area contributed by atoms with Crippen LogP contribution in [0.25, 0.3) is 0 Å². The second-order valence-corrected chi connectivity index (χ2v) is 11.3. The topological polar surface area (TPSA) is 59.7 Å². The number of quaternary nitrogens is 1. The molecule has 174 valence electrons. The van der Waals surface area contributed by atoms with E-state index in [1.807, 2.05) is 11.3 Å². The van der Waals surface area contributed by atoms with Crippen LogP contribution in [-0.2, 0) is 21.6 Å². The molecule has 3 aliphatic heterocycles. The van der Waals surface area contributed by atoms with Crippen molar-refractivity contribution in [1.82, 2.24) is 0 Å². The van der Waals surface area contributed by atoms with Gasteiger partial charge < -0.3 is 18.7 Å². The zero-order valence-corrected chi connectivity index (χ0v) is 19.7. The molecule has 0 unspecified atom stereocenters. The number of esters is 1. The minimum atomic E-state index is -1.67. The van der Waals surface area contributed by atoms with E-state index in [4.69, 9.17) is 9.15 Å². The van der Waals surface area contributed by atoms with Crippen LogP contribution in [0.2, 0.25) is 0 Å². The summed E-state index contributed by atoms with van der Waals surface area (Å²) in [6.07, 6.45) is 10.9. The summed E-state index contributed by atoms with van der Waals surface area (Å²) < 4.78 is 12.8. The van der Waals surface area contributed by atoms with Crippen molar-refractivity contribution < 1.29 is 23.5 Å². The van der Waals surface area contributed by atoms with Crippen molar-refractivity contribution in [2.75, 3.05) is 26.2 Å². The highest BCUT2D eigenvalue weighted by Gasteiger charge is 2.53. The number of piperidine rings is 3. The lowest BCUT2D eigenvalue weighted by Gasteiger charge is -2.52. The van der Waals surface area contributed by atoms with Crippen LogP contribution < -0.4 is 0 Å². The van der Waals surface area contributed by atoms with Gasteiger partial charge in [-0.2, -0.15) is 0 Å². The molecule has 5 nitrogen and oxygen atoms in total. The first-order valence-electron chi connectivity index (χ1n) is 12.4. The van der Waals surface area contributed by atoms with Gasteiger partial charge in [0.05, 0.1) is 25.9 Å². The predicted octanol–water partition coefficient (Wildman–Crippen LogP) is 4.89. The maximum Gasteiger partial charge on any atom is 0.346 e. The van der Waals surface area contributed by atoms with Crippen molar-refractivity contribution >= 4 is 17.3 Å². The summed E-state index contributed by atoms with van der Waals surface area (Å²) in [5.74, 6) is 0.138. The van der Waals surface area contributed by atoms with Gasteiger partial charge in [-0.1, -0.05) is 25.3 Å². The number of hydrogen-bond acceptors (Lipinski definition) is 5. The van der Waals surface area contributed by atoms with Gasteiger partial charge in [-0.25, -0.2) is 4.79 Å². The maximum atomic E-state index is 13.5. The number of carbonyl (C=O) groups is 1. The van der Waals surface area contributed by atoms with Crippen molar-refractivity contribution in [3.8, 4) is 0 Å². The molecule has 32 heavy (non-hydrogen) atoms. The smallest absolute Gasteiger partial charge is 0.346 e. The molecule has 0 radical (unpaired) electrons. The van der Waals surface area contributed by atoms with Gasteiger partial charge in [0.1, 0.15) is 12.3 Å². The summed E-state index contributed by atoms with van der Waals surface area (Å²) in [4.78, 5) is 15.0. The predicted molar refractivity (Wildman–Crippen MR) is 124 cm³/mol. The lowest BCUT2D eigenvalue weighted by atomic mass is 9.75. The number of carbonyl (C=O) groups excluding carboxylic acids is 1. The van der Waals surface area contributed by atoms with E-state index >= 15 is 0 Å². The molecule has 5 heterocycles. The molecule has 1 N–H and O–H groups in total. The number of thiophene rings is 1. The van der Waals surface area contributed by atoms with Crippen LogP contribution in [0.15, 0.2) is 40.3 Å². The summed E-state index contributed by atoms with van der Waals surface area (Å²) in [6.45, 7) is 4.41. The van der Waals surface area contributed by atoms with E-state index in [1.54, 1.807) is 18.4 Å². The quantitative estimate of drug-likeness (QED) is 0.452. The molecule has 4 fully saturated rings. The van der Waals surface area contributed by atoms with Crippen LogP contribution in [-0.4, -0.2) is 47.8 Å². The van der Waals surface area contributed by atoms with Crippen LogP contribution in [0.3, 0.4) is 0 Å². The summed E-state index contributed by atoms with van der Waals surface area (Å²) in [5.41, 5.74) is -1.67. The second kappa shape index (κ2) is 9.32. The summed E-state index contributed by atoms with van der Waals surface area (Å²) in [5, 5.41) is 13.9. The highest BCUT2D eigenvalue weighted by molar-refractivity contribution is 7.09. The Hall–Kier alpha value is -1.63. The molecular weight excluding hydrogens is 422 g/mol. The van der Waals surface area contributed by atoms with E-state index in [0.29, 0.717) is 11.7 Å². The second-order valence-electron chi connectivity index (χ2n) is 10.2. The normalized spacial score (nSPS) is 30.2. The van der Waals surface area contributed by atoms with Gasteiger partial charge in [-0.15, -0.1) is 11.3 Å². The number of aryl methyl sites for hydroxylation is 1. The average molecular weight is 459 g/mol. The molecule has 1 saturated carbocycles. The Kier molecular flexibility index (Phi) is 6.46. The average Bonchev–Trinajstić information content (AvgIpc) is 3.55. The Labute approximate surface area is 195 Å². The number of furan rings is 1. The van der Waals surface area contributed by atoms with Crippen LogP contribution >= 0.6 is 11.3 Å². The lowest BCUT2D eigenvalue weighted by Crippen LogP contribution is -2.65. The van der Waals surface area contributed by atoms with Crippen LogP contribution in [0.5, 0.6) is 0 Å². The number of nitrogens with zero attached hydrogens (tertiary/aromatic N) is 1. The van der Waals surface area contributed by atoms with E-state index < -0.39 is 11.6 Å². The Morgan fingerprint density at radius 1 is 1.16 bits per heavy atom. The molecule has 6 heteroatoms. The van der Waals surface area contributed by atoms with Gasteiger partial charge in [0.2, 0.25) is 5.60 Å². The van der Waals surface area contributed by atoms with E-state index in [2.05, 4.69) is 17.5 Å². The molecular formula is C26H36NO4S+. The van der Waals surface area contributed by atoms with E-state index in [-0.39, 0.29) is 12.0 Å². The van der Waals surface area contributed by atoms with Crippen LogP contribution in [0.1, 0.15) is 62.0 Å². The third-order valence-corrected chi connectivity index (χ3v) is 9.28. The van der Waals surface area contributed by atoms with Crippen molar-refractivity contribution in [1.29, 1.82) is 0 Å². The summed E-state index contributed by atoms with van der Waals surface area (Å²) in [7, 11) is 0. The summed E-state index contributed by atoms with van der Waals surface area (Å²) in [6, 6.07) is 7.82. The minimum absolute atomic E-state index is 0.100. The molecule has 0 spiro atoms. The third-order valence-electron chi connectivity index (χ3n) is 8.34. The first kappa shape index (κ1) is 22.2. The highest BCUT2D eigenvalue weighted by atomic mass is 32.1. The third kappa shape index (κ3) is 4.29. The zero-order valence-electron chi connectivity index (χ0n) is 18.9. The van der Waals surface area contributed by atoms with Gasteiger partial charge in [-0.3, -0.25) is 0 Å². The Morgan fingerprint density at radius 3 is 2.66 bits per heavy atom. The standard InChI is InChI=1S/C26H36NO4S/c28-25(26(29,24-11-5-17-30-24)21-7-2-1-3-8-21)31-23-19-27(15-12-20(23)13-16-27)14-4-9-22-10-6-18-32-22/h5-6,10-11,17-18,20-21,23,29H,1-4,7-9,12-16,19H2/q+1/t20?,23-,26+,27?/m0/s1. The number of hydrogen-bond donors (Lipinski definition) is 1. The highest BCUT2D eigenvalue weighted by Crippen LogP contribution is 2.42. The van der Waals surface area contributed by atoms with Gasteiger partial charge in [0.15, 0.2) is 6.10 Å². The Morgan fingerprint density at radius 2 is 1.97 bits per heavy atom. The number of rotatable bonds is 8. The Balaban J connectivity index is 1.27. The number of ether oxygens (including phenoxy) is 1. The molecule has 4 aliphatic rings. The van der Waals surface area contributed by atoms with Gasteiger partial charge >= 0.3 is 5.97 Å². The lowest BCUT2D eigenvalue weighted by molar-refractivity contribution is -0.946. The fourth-order valence-corrected chi connectivity index (χ4v) is 7.18. The van der Waals surface area contributed by atoms with Crippen LogP contribution in [0, 0.1) is 11.8 Å². The first-order valence-corrected chi connectivity index (χ1v) is 13.3. The van der Waals surface area contributed by atoms with E-state index in [1.165, 1.54) is 24.4 Å². The van der Waals surface area contributed by atoms with Gasteiger partial charge in [0.25, 0.3) is 0 Å². The zero-order chi connectivity index (χ0) is 22.0. The molecule has 2 aromatic rings. The van der Waals surface area contributed by atoms with Crippen molar-refractivity contribution in [2.24, 2.45) is 11.8 Å². The molecule has 0 amide bonds. The fraction of sp³-hybridized carbons (Fsp3) is 0.654. The number of aliphatic hydroxyl groups is 1. The minimum Gasteiger partial charge on any atom is -0.466 e. The fourth-order valence-electron chi connectivity index (χ4n) is 6.42. The van der Waals surface area contributed by atoms with Gasteiger partial charge in [-0.05, 0) is 42.8 Å². The molecule has 3 saturated heterocycles. The molecule has 6 rings (SSSR count). The molecule has 2 aromatic heterocycles. The summed E-state index contributed by atoms with van der Waals surface area (Å²) >= 11 is 1.84.